The summed E-state index contributed by atoms with van der Waals surface area (Å²) in [6.45, 7) is 1.43. The first-order valence-corrected chi connectivity index (χ1v) is 10.8. The fraction of sp³-hybridized carbons (Fsp3) is 0.591. The zero-order chi connectivity index (χ0) is 20.4. The molecule has 158 valence electrons. The number of fused-ring (bicyclic) bond motifs is 4. The number of hydrogen-bond donors (Lipinski definition) is 1. The summed E-state index contributed by atoms with van der Waals surface area (Å²) in [5, 5.41) is 2.82. The normalized spacial score (nSPS) is 36.6. The van der Waals surface area contributed by atoms with Gasteiger partial charge >= 0.3 is 0 Å². The van der Waals surface area contributed by atoms with Gasteiger partial charge in [-0.2, -0.15) is 0 Å². The summed E-state index contributed by atoms with van der Waals surface area (Å²) in [6, 6.07) is 7.34. The lowest BCUT2D eigenvalue weighted by atomic mass is 9.88. The number of nitrogens with zero attached hydrogens (tertiary/aromatic N) is 2. The van der Waals surface area contributed by atoms with Crippen LogP contribution in [0, 0.1) is 17.8 Å². The van der Waals surface area contributed by atoms with E-state index in [9.17, 15) is 14.4 Å². The Labute approximate surface area is 174 Å². The van der Waals surface area contributed by atoms with Gasteiger partial charge in [-0.15, -0.1) is 0 Å². The molecule has 0 spiro atoms. The second kappa shape index (κ2) is 6.78. The van der Waals surface area contributed by atoms with E-state index in [0.717, 1.165) is 24.9 Å². The van der Waals surface area contributed by atoms with Gasteiger partial charge in [-0.3, -0.25) is 14.4 Å². The van der Waals surface area contributed by atoms with E-state index < -0.39 is 0 Å². The van der Waals surface area contributed by atoms with Crippen LogP contribution in [0.3, 0.4) is 0 Å². The molecule has 8 heteroatoms. The number of carbonyl (C=O) groups excluding carboxylic acids is 3. The summed E-state index contributed by atoms with van der Waals surface area (Å²) >= 11 is 0. The second-order valence-corrected chi connectivity index (χ2v) is 9.09. The van der Waals surface area contributed by atoms with E-state index in [-0.39, 0.29) is 60.3 Å². The third kappa shape index (κ3) is 2.77. The van der Waals surface area contributed by atoms with Crippen molar-refractivity contribution in [2.24, 2.45) is 17.8 Å². The number of rotatable bonds is 2. The molecule has 4 saturated heterocycles. The van der Waals surface area contributed by atoms with E-state index in [1.54, 1.807) is 11.0 Å². The molecule has 2 bridgehead atoms. The molecule has 5 aliphatic heterocycles. The van der Waals surface area contributed by atoms with Crippen molar-refractivity contribution in [2.45, 2.75) is 37.6 Å². The molecule has 5 aliphatic rings. The van der Waals surface area contributed by atoms with Crippen LogP contribution in [-0.2, 0) is 23.9 Å². The maximum atomic E-state index is 13.4. The monoisotopic (exact) mass is 411 g/mol. The van der Waals surface area contributed by atoms with Crippen LogP contribution in [0.25, 0.3) is 0 Å². The number of likely N-dealkylation sites (tertiary alicyclic amines) is 1. The maximum Gasteiger partial charge on any atom is 0.244 e. The first kappa shape index (κ1) is 18.3. The molecule has 0 radical (unpaired) electrons. The first-order valence-electron chi connectivity index (χ1n) is 10.8. The number of para-hydroxylation sites is 2. The molecule has 0 aliphatic carbocycles. The highest BCUT2D eigenvalue weighted by Crippen LogP contribution is 2.42. The Morgan fingerprint density at radius 3 is 2.70 bits per heavy atom. The summed E-state index contributed by atoms with van der Waals surface area (Å²) < 4.78 is 11.8. The Bertz CT molecular complexity index is 920. The lowest BCUT2D eigenvalue weighted by molar-refractivity contribution is -0.137. The number of nitrogens with one attached hydrogen (secondary N) is 1. The van der Waals surface area contributed by atoms with Crippen molar-refractivity contribution in [3.8, 4) is 0 Å². The number of carbonyl (C=O) groups is 3. The van der Waals surface area contributed by atoms with Crippen molar-refractivity contribution in [2.75, 3.05) is 36.5 Å². The third-order valence-corrected chi connectivity index (χ3v) is 7.40. The fourth-order valence-electron chi connectivity index (χ4n) is 5.91. The van der Waals surface area contributed by atoms with E-state index in [1.165, 1.54) is 0 Å². The topological polar surface area (TPSA) is 88.2 Å². The smallest absolute Gasteiger partial charge is 0.244 e. The molecule has 3 amide bonds. The largest absolute Gasteiger partial charge is 0.375 e. The van der Waals surface area contributed by atoms with E-state index in [2.05, 4.69) is 5.32 Å². The lowest BCUT2D eigenvalue weighted by Gasteiger charge is -2.32. The minimum absolute atomic E-state index is 0.00879. The quantitative estimate of drug-likeness (QED) is 0.785. The highest BCUT2D eigenvalue weighted by molar-refractivity contribution is 6.10. The van der Waals surface area contributed by atoms with Gasteiger partial charge in [0.2, 0.25) is 17.7 Å². The van der Waals surface area contributed by atoms with Crippen molar-refractivity contribution in [3.05, 3.63) is 24.3 Å². The zero-order valence-electron chi connectivity index (χ0n) is 16.7. The Kier molecular flexibility index (Phi) is 4.14. The highest BCUT2D eigenvalue weighted by Gasteiger charge is 2.52. The summed E-state index contributed by atoms with van der Waals surface area (Å²) in [5.41, 5.74) is 1.37. The van der Waals surface area contributed by atoms with Gasteiger partial charge in [-0.1, -0.05) is 12.1 Å². The number of anilines is 2. The molecule has 0 unspecified atom stereocenters. The first-order chi connectivity index (χ1) is 14.6. The molecule has 5 heterocycles. The van der Waals surface area contributed by atoms with Crippen LogP contribution in [-0.4, -0.2) is 67.2 Å². The van der Waals surface area contributed by atoms with Gasteiger partial charge in [0.15, 0.2) is 0 Å². The fourth-order valence-corrected chi connectivity index (χ4v) is 5.91. The van der Waals surface area contributed by atoms with Crippen LogP contribution >= 0.6 is 0 Å². The number of benzene rings is 1. The van der Waals surface area contributed by atoms with Crippen molar-refractivity contribution in [3.63, 3.8) is 0 Å². The number of ether oxygens (including phenoxy) is 2. The predicted octanol–water partition coefficient (Wildman–Crippen LogP) is 1.01. The standard InChI is InChI=1S/C22H25N3O5/c26-20-10-25(17-4-2-1-3-16(17)23-20)22(28)15-11-29-19-9-24(8-14(15)19)21(27)13-7-12-5-6-18(13)30-12/h1-4,12-15,18-19H,5-11H2,(H,23,26)/t12-,13-,14-,15-,18+,19-/m0/s1. The van der Waals surface area contributed by atoms with Crippen LogP contribution in [0.5, 0.6) is 0 Å². The molecule has 0 aromatic heterocycles. The van der Waals surface area contributed by atoms with Crippen molar-refractivity contribution in [1.29, 1.82) is 0 Å². The molecular formula is C22H25N3O5. The molecule has 1 aromatic carbocycles. The Morgan fingerprint density at radius 2 is 1.90 bits per heavy atom. The molecule has 1 N–H and O–H groups in total. The maximum absolute atomic E-state index is 13.4. The van der Waals surface area contributed by atoms with Crippen LogP contribution in [0.15, 0.2) is 24.3 Å². The Balaban J connectivity index is 1.18. The second-order valence-electron chi connectivity index (χ2n) is 9.09. The van der Waals surface area contributed by atoms with E-state index >= 15 is 0 Å². The number of amides is 3. The van der Waals surface area contributed by atoms with Crippen LogP contribution in [0.4, 0.5) is 11.4 Å². The van der Waals surface area contributed by atoms with E-state index in [1.807, 2.05) is 23.1 Å². The van der Waals surface area contributed by atoms with Gasteiger partial charge in [-0.25, -0.2) is 0 Å². The molecule has 6 rings (SSSR count). The molecule has 8 nitrogen and oxygen atoms in total. The van der Waals surface area contributed by atoms with Gasteiger partial charge < -0.3 is 24.6 Å². The number of hydrogen-bond acceptors (Lipinski definition) is 5. The molecule has 4 fully saturated rings. The summed E-state index contributed by atoms with van der Waals surface area (Å²) in [7, 11) is 0. The van der Waals surface area contributed by atoms with Gasteiger partial charge in [0, 0.05) is 19.0 Å². The Hall–Kier alpha value is -2.45. The van der Waals surface area contributed by atoms with Gasteiger partial charge in [0.05, 0.1) is 48.1 Å². The van der Waals surface area contributed by atoms with Crippen LogP contribution < -0.4 is 10.2 Å². The minimum Gasteiger partial charge on any atom is -0.375 e. The van der Waals surface area contributed by atoms with E-state index in [4.69, 9.17) is 9.47 Å². The van der Waals surface area contributed by atoms with Gasteiger partial charge in [0.1, 0.15) is 6.54 Å². The lowest BCUT2D eigenvalue weighted by Crippen LogP contribution is -2.47. The van der Waals surface area contributed by atoms with Crippen LogP contribution in [0.1, 0.15) is 19.3 Å². The molecule has 30 heavy (non-hydrogen) atoms. The van der Waals surface area contributed by atoms with Gasteiger partial charge in [-0.05, 0) is 31.4 Å². The third-order valence-electron chi connectivity index (χ3n) is 7.40. The minimum atomic E-state index is -0.344. The molecule has 1 aromatic rings. The molecular weight excluding hydrogens is 386 g/mol. The van der Waals surface area contributed by atoms with Crippen molar-refractivity contribution >= 4 is 29.1 Å². The molecule has 0 saturated carbocycles. The summed E-state index contributed by atoms with van der Waals surface area (Å²) in [5.74, 6) is -0.566. The predicted molar refractivity (Wildman–Crippen MR) is 107 cm³/mol. The highest BCUT2D eigenvalue weighted by atomic mass is 16.5. The van der Waals surface area contributed by atoms with Crippen molar-refractivity contribution in [1.82, 2.24) is 4.90 Å². The van der Waals surface area contributed by atoms with Crippen molar-refractivity contribution < 1.29 is 23.9 Å². The summed E-state index contributed by atoms with van der Waals surface area (Å²) in [6.07, 6.45) is 3.03. The SMILES string of the molecule is O=C1CN(C(=O)[C@H]2CO[C@H]3CN(C(=O)[C@H]4C[C@@H]5CC[C@H]4O5)C[C@H]32)c2ccccc2N1. The van der Waals surface area contributed by atoms with E-state index in [0.29, 0.717) is 25.4 Å². The molecule has 6 atom stereocenters. The average molecular weight is 411 g/mol. The summed E-state index contributed by atoms with van der Waals surface area (Å²) in [4.78, 5) is 42.1. The Morgan fingerprint density at radius 1 is 1.03 bits per heavy atom. The van der Waals surface area contributed by atoms with Crippen LogP contribution in [0.2, 0.25) is 0 Å². The van der Waals surface area contributed by atoms with Gasteiger partial charge in [0.25, 0.3) is 0 Å². The average Bonchev–Trinajstić information content (AvgIpc) is 3.52. The zero-order valence-corrected chi connectivity index (χ0v) is 16.7.